The van der Waals surface area contributed by atoms with E-state index in [9.17, 15) is 9.59 Å². The highest BCUT2D eigenvalue weighted by Gasteiger charge is 2.37. The number of rotatable bonds is 6. The quantitative estimate of drug-likeness (QED) is 0.486. The number of esters is 1. The third kappa shape index (κ3) is 3.98. The molecule has 0 spiro atoms. The molecule has 2 heterocycles. The molecule has 1 aliphatic rings. The second kappa shape index (κ2) is 7.42. The van der Waals surface area contributed by atoms with Crippen molar-refractivity contribution in [2.75, 3.05) is 24.8 Å². The average molecular weight is 395 g/mol. The SMILES string of the molecule is CC1(C)CN(c2ccc(OCCOC(=O)c3ccc4n[nH]nc4c3)cc2)NC1=O. The van der Waals surface area contributed by atoms with E-state index in [2.05, 4.69) is 20.8 Å². The van der Waals surface area contributed by atoms with Crippen molar-refractivity contribution < 1.29 is 19.1 Å². The van der Waals surface area contributed by atoms with Gasteiger partial charge in [0.2, 0.25) is 5.91 Å². The van der Waals surface area contributed by atoms with E-state index in [0.717, 1.165) is 5.69 Å². The maximum absolute atomic E-state index is 12.1. The molecule has 0 radical (unpaired) electrons. The lowest BCUT2D eigenvalue weighted by Gasteiger charge is -2.19. The number of benzene rings is 2. The largest absolute Gasteiger partial charge is 0.490 e. The lowest BCUT2D eigenvalue weighted by atomic mass is 9.94. The van der Waals surface area contributed by atoms with E-state index in [1.165, 1.54) is 0 Å². The number of nitrogens with zero attached hydrogens (tertiary/aromatic N) is 3. The maximum atomic E-state index is 12.1. The van der Waals surface area contributed by atoms with Gasteiger partial charge in [-0.1, -0.05) is 0 Å². The molecule has 2 aromatic carbocycles. The molecule has 1 aliphatic heterocycles. The monoisotopic (exact) mass is 395 g/mol. The molecule has 4 rings (SSSR count). The van der Waals surface area contributed by atoms with Gasteiger partial charge in [0, 0.05) is 0 Å². The average Bonchev–Trinajstić information content (AvgIpc) is 3.28. The molecule has 0 atom stereocenters. The van der Waals surface area contributed by atoms with Crippen molar-refractivity contribution in [3.8, 4) is 5.75 Å². The van der Waals surface area contributed by atoms with Gasteiger partial charge in [0.15, 0.2) is 0 Å². The molecule has 150 valence electrons. The van der Waals surface area contributed by atoms with E-state index in [1.54, 1.807) is 18.2 Å². The Kier molecular flexibility index (Phi) is 4.79. The lowest BCUT2D eigenvalue weighted by Crippen LogP contribution is -2.33. The summed E-state index contributed by atoms with van der Waals surface area (Å²) < 4.78 is 10.9. The zero-order chi connectivity index (χ0) is 20.4. The predicted molar refractivity (Wildman–Crippen MR) is 105 cm³/mol. The number of H-pyrrole nitrogens is 1. The Balaban J connectivity index is 1.25. The number of hydrogen-bond donors (Lipinski definition) is 2. The molecule has 0 unspecified atom stereocenters. The van der Waals surface area contributed by atoms with Crippen molar-refractivity contribution in [3.05, 3.63) is 48.0 Å². The van der Waals surface area contributed by atoms with Crippen LogP contribution in [0.1, 0.15) is 24.2 Å². The number of fused-ring (bicyclic) bond motifs is 1. The van der Waals surface area contributed by atoms with Gasteiger partial charge in [-0.15, -0.1) is 0 Å². The molecule has 1 amide bonds. The van der Waals surface area contributed by atoms with Crippen LogP contribution in [0.5, 0.6) is 5.75 Å². The summed E-state index contributed by atoms with van der Waals surface area (Å²) in [5.41, 5.74) is 5.02. The van der Waals surface area contributed by atoms with Crippen LogP contribution in [0.2, 0.25) is 0 Å². The highest BCUT2D eigenvalue weighted by molar-refractivity contribution is 5.93. The molecular weight excluding hydrogens is 374 g/mol. The zero-order valence-corrected chi connectivity index (χ0v) is 16.1. The van der Waals surface area contributed by atoms with E-state index in [-0.39, 0.29) is 19.1 Å². The molecule has 1 saturated heterocycles. The first kappa shape index (κ1) is 18.7. The van der Waals surface area contributed by atoms with E-state index < -0.39 is 11.4 Å². The summed E-state index contributed by atoms with van der Waals surface area (Å²) in [6.07, 6.45) is 0. The van der Waals surface area contributed by atoms with E-state index in [0.29, 0.717) is 28.9 Å². The molecule has 0 bridgehead atoms. The van der Waals surface area contributed by atoms with Gasteiger partial charge in [0.1, 0.15) is 30.0 Å². The minimum Gasteiger partial charge on any atom is -0.490 e. The first-order valence-corrected chi connectivity index (χ1v) is 9.21. The third-order valence-electron chi connectivity index (χ3n) is 4.69. The highest BCUT2D eigenvalue weighted by atomic mass is 16.6. The molecule has 1 aromatic heterocycles. The Bertz CT molecular complexity index is 1040. The summed E-state index contributed by atoms with van der Waals surface area (Å²) >= 11 is 0. The Morgan fingerprint density at radius 3 is 2.59 bits per heavy atom. The van der Waals surface area contributed by atoms with Crippen LogP contribution in [0, 0.1) is 5.41 Å². The van der Waals surface area contributed by atoms with Gasteiger partial charge in [0.05, 0.1) is 23.2 Å². The number of hydrogen-bond acceptors (Lipinski definition) is 7. The summed E-state index contributed by atoms with van der Waals surface area (Å²) in [6.45, 7) is 4.76. The van der Waals surface area contributed by atoms with Crippen molar-refractivity contribution in [1.29, 1.82) is 0 Å². The second-order valence-corrected chi connectivity index (χ2v) is 7.42. The van der Waals surface area contributed by atoms with Gasteiger partial charge < -0.3 is 9.47 Å². The minimum absolute atomic E-state index is 0.00217. The van der Waals surface area contributed by atoms with Crippen LogP contribution in [0.4, 0.5) is 5.69 Å². The Morgan fingerprint density at radius 1 is 1.10 bits per heavy atom. The Hall–Kier alpha value is -3.62. The summed E-state index contributed by atoms with van der Waals surface area (Å²) in [4.78, 5) is 24.0. The molecule has 1 fully saturated rings. The number of carbonyl (C=O) groups is 2. The van der Waals surface area contributed by atoms with Gasteiger partial charge in [0.25, 0.3) is 0 Å². The second-order valence-electron chi connectivity index (χ2n) is 7.42. The highest BCUT2D eigenvalue weighted by Crippen LogP contribution is 2.28. The van der Waals surface area contributed by atoms with Crippen LogP contribution in [0.3, 0.4) is 0 Å². The van der Waals surface area contributed by atoms with Gasteiger partial charge in [-0.25, -0.2) is 4.79 Å². The van der Waals surface area contributed by atoms with Crippen LogP contribution >= 0.6 is 0 Å². The van der Waals surface area contributed by atoms with E-state index >= 15 is 0 Å². The number of aromatic amines is 1. The Labute approximate surface area is 166 Å². The fraction of sp³-hybridized carbons (Fsp3) is 0.300. The Morgan fingerprint density at radius 2 is 1.86 bits per heavy atom. The normalized spacial score (nSPS) is 15.4. The molecule has 29 heavy (non-hydrogen) atoms. The molecule has 0 aliphatic carbocycles. The van der Waals surface area contributed by atoms with Gasteiger partial charge in [-0.3, -0.25) is 15.2 Å². The fourth-order valence-electron chi connectivity index (χ4n) is 3.00. The van der Waals surface area contributed by atoms with Gasteiger partial charge in [-0.2, -0.15) is 15.4 Å². The summed E-state index contributed by atoms with van der Waals surface area (Å²) in [6, 6.07) is 12.3. The molecule has 0 saturated carbocycles. The maximum Gasteiger partial charge on any atom is 0.338 e. The van der Waals surface area contributed by atoms with Crippen LogP contribution in [0.15, 0.2) is 42.5 Å². The predicted octanol–water partition coefficient (Wildman–Crippen LogP) is 2.07. The minimum atomic E-state index is -0.443. The van der Waals surface area contributed by atoms with E-state index in [4.69, 9.17) is 9.47 Å². The summed E-state index contributed by atoms with van der Waals surface area (Å²) in [5.74, 6) is 0.210. The van der Waals surface area contributed by atoms with Gasteiger partial charge >= 0.3 is 5.97 Å². The standard InChI is InChI=1S/C20H21N5O4/c1-20(2)12-25(23-19(20)27)14-4-6-15(7-5-14)28-9-10-29-18(26)13-3-8-16-17(11-13)22-24-21-16/h3-8,11H,9-10,12H2,1-2H3,(H,23,27)(H,21,22,24). The smallest absolute Gasteiger partial charge is 0.338 e. The number of aromatic nitrogens is 3. The van der Waals surface area contributed by atoms with Crippen LogP contribution in [-0.2, 0) is 9.53 Å². The first-order valence-electron chi connectivity index (χ1n) is 9.21. The number of amides is 1. The van der Waals surface area contributed by atoms with Crippen LogP contribution < -0.4 is 15.2 Å². The molecule has 3 aromatic rings. The number of nitrogens with one attached hydrogen (secondary N) is 2. The first-order chi connectivity index (χ1) is 13.9. The number of hydrazine groups is 1. The number of anilines is 1. The van der Waals surface area contributed by atoms with Crippen LogP contribution in [-0.4, -0.2) is 47.0 Å². The fourth-order valence-corrected chi connectivity index (χ4v) is 3.00. The topological polar surface area (TPSA) is 109 Å². The molecule has 2 N–H and O–H groups in total. The van der Waals surface area contributed by atoms with Crippen molar-refractivity contribution in [1.82, 2.24) is 20.8 Å². The molecular formula is C20H21N5O4. The van der Waals surface area contributed by atoms with Crippen LogP contribution in [0.25, 0.3) is 11.0 Å². The number of ether oxygens (including phenoxy) is 2. The zero-order valence-electron chi connectivity index (χ0n) is 16.1. The van der Waals surface area contributed by atoms with Crippen molar-refractivity contribution in [2.45, 2.75) is 13.8 Å². The van der Waals surface area contributed by atoms with Gasteiger partial charge in [-0.05, 0) is 56.3 Å². The van der Waals surface area contributed by atoms with Crippen molar-refractivity contribution >= 4 is 28.6 Å². The molecule has 9 nitrogen and oxygen atoms in total. The third-order valence-corrected chi connectivity index (χ3v) is 4.69. The van der Waals surface area contributed by atoms with Crippen molar-refractivity contribution in [2.24, 2.45) is 5.41 Å². The summed E-state index contributed by atoms with van der Waals surface area (Å²) in [7, 11) is 0. The van der Waals surface area contributed by atoms with E-state index in [1.807, 2.05) is 43.1 Å². The number of carbonyl (C=O) groups excluding carboxylic acids is 2. The molecule has 9 heteroatoms. The van der Waals surface area contributed by atoms with Crippen molar-refractivity contribution in [3.63, 3.8) is 0 Å². The lowest BCUT2D eigenvalue weighted by molar-refractivity contribution is -0.125. The summed E-state index contributed by atoms with van der Waals surface area (Å²) in [5, 5.41) is 12.2.